The molecule has 1 fully saturated rings. The van der Waals surface area contributed by atoms with Gasteiger partial charge in [0, 0.05) is 23.7 Å². The molecule has 0 bridgehead atoms. The summed E-state index contributed by atoms with van der Waals surface area (Å²) in [6.45, 7) is 21.9. The minimum absolute atomic E-state index is 0. The van der Waals surface area contributed by atoms with E-state index in [2.05, 4.69) is 50.7 Å². The fourth-order valence-electron chi connectivity index (χ4n) is 3.88. The number of fused-ring (bicyclic) bond motifs is 1. The quantitative estimate of drug-likeness (QED) is 0.235. The fourth-order valence-corrected chi connectivity index (χ4v) is 3.88. The summed E-state index contributed by atoms with van der Waals surface area (Å²) in [7, 11) is 0. The number of hydrogen-bond donors (Lipinski definition) is 4. The third-order valence-electron chi connectivity index (χ3n) is 5.93. The largest absolute Gasteiger partial charge is 0.412 e. The van der Waals surface area contributed by atoms with Gasteiger partial charge in [-0.25, -0.2) is 0 Å². The van der Waals surface area contributed by atoms with Gasteiger partial charge in [0.05, 0.1) is 5.70 Å². The maximum atomic E-state index is 7.73. The van der Waals surface area contributed by atoms with Crippen LogP contribution in [0.4, 0.5) is 0 Å². The maximum absolute atomic E-state index is 7.73. The molecule has 1 aromatic rings. The summed E-state index contributed by atoms with van der Waals surface area (Å²) < 4.78 is 0. The Hall–Kier alpha value is -3.31. The standard InChI is InChI=1S/C25H32N4.C2H6.C2H4.H2O/c1-5-18-10-20-11-22(29-21(14-26)9-6-15(2)17(4)27)12-23(20)16(3)24(18)13-25(28)19-7-8-19;2*1-2;/h5-6,9-10,13-14,19,22,26,29H,1,4,7-8,11-12,27-28H2,2-3H3;1-2H3;1-2H2;1H2/b15-6+,21-9+,25-13-,26-14?;;;. The van der Waals surface area contributed by atoms with E-state index in [4.69, 9.17) is 16.9 Å². The number of benzene rings is 1. The van der Waals surface area contributed by atoms with Gasteiger partial charge in [0.1, 0.15) is 0 Å². The lowest BCUT2D eigenvalue weighted by Crippen LogP contribution is -2.29. The molecule has 3 rings (SSSR count). The predicted octanol–water partition coefficient (Wildman–Crippen LogP) is 5.36. The molecule has 1 saturated carbocycles. The van der Waals surface area contributed by atoms with Gasteiger partial charge in [-0.1, -0.05) is 45.2 Å². The van der Waals surface area contributed by atoms with E-state index >= 15 is 0 Å². The number of hydrogen-bond acceptors (Lipinski definition) is 4. The molecule has 0 amide bonds. The van der Waals surface area contributed by atoms with Gasteiger partial charge in [-0.05, 0) is 91.0 Å². The SMILES string of the molecule is C=C.C=Cc1cc2c(c(C)c1/C=C(\N)C1CC1)CC(N/C(C=N)=C/C=C(\C)C(=C)N)C2.CC.O. The Morgan fingerprint density at radius 2 is 1.76 bits per heavy atom. The van der Waals surface area contributed by atoms with Crippen LogP contribution in [0.25, 0.3) is 12.2 Å². The smallest absolute Gasteiger partial charge is 0.0521 e. The molecule has 1 aromatic carbocycles. The summed E-state index contributed by atoms with van der Waals surface area (Å²) in [5, 5.41) is 11.2. The molecule has 186 valence electrons. The van der Waals surface area contributed by atoms with Crippen LogP contribution in [-0.2, 0) is 12.8 Å². The van der Waals surface area contributed by atoms with Gasteiger partial charge in [0.25, 0.3) is 0 Å². The van der Waals surface area contributed by atoms with Gasteiger partial charge in [-0.15, -0.1) is 13.2 Å². The molecule has 0 aromatic heterocycles. The van der Waals surface area contributed by atoms with Crippen molar-refractivity contribution in [3.05, 3.63) is 95.0 Å². The molecule has 1 atom stereocenters. The van der Waals surface area contributed by atoms with Crippen molar-refractivity contribution in [2.45, 2.75) is 59.4 Å². The topological polar surface area (TPSA) is 119 Å². The van der Waals surface area contributed by atoms with Crippen LogP contribution in [0, 0.1) is 18.3 Å². The summed E-state index contributed by atoms with van der Waals surface area (Å²) in [5.41, 5.74) is 21.6. The van der Waals surface area contributed by atoms with E-state index in [0.29, 0.717) is 11.6 Å². The molecule has 0 aliphatic heterocycles. The first kappa shape index (κ1) is 30.7. The zero-order valence-corrected chi connectivity index (χ0v) is 21.4. The van der Waals surface area contributed by atoms with Crippen LogP contribution in [0.1, 0.15) is 61.4 Å². The number of nitrogens with one attached hydrogen (secondary N) is 2. The average molecular weight is 465 g/mol. The predicted molar refractivity (Wildman–Crippen MR) is 151 cm³/mol. The van der Waals surface area contributed by atoms with Crippen LogP contribution in [0.3, 0.4) is 0 Å². The first-order chi connectivity index (χ1) is 15.8. The molecule has 8 N–H and O–H groups in total. The zero-order valence-electron chi connectivity index (χ0n) is 21.4. The van der Waals surface area contributed by atoms with Gasteiger partial charge in [-0.3, -0.25) is 0 Å². The third kappa shape index (κ3) is 7.92. The molecule has 0 spiro atoms. The van der Waals surface area contributed by atoms with E-state index in [0.717, 1.165) is 35.4 Å². The van der Waals surface area contributed by atoms with Crippen LogP contribution in [0.5, 0.6) is 0 Å². The minimum atomic E-state index is 0. The number of rotatable bonds is 8. The van der Waals surface area contributed by atoms with E-state index in [-0.39, 0.29) is 11.5 Å². The first-order valence-corrected chi connectivity index (χ1v) is 11.7. The lowest BCUT2D eigenvalue weighted by molar-refractivity contribution is 0.609. The van der Waals surface area contributed by atoms with Crippen molar-refractivity contribution in [1.29, 1.82) is 5.41 Å². The maximum Gasteiger partial charge on any atom is 0.0521 e. The first-order valence-electron chi connectivity index (χ1n) is 11.7. The Balaban J connectivity index is 0.00000207. The van der Waals surface area contributed by atoms with Crippen molar-refractivity contribution in [1.82, 2.24) is 5.32 Å². The van der Waals surface area contributed by atoms with Crippen molar-refractivity contribution in [2.75, 3.05) is 0 Å². The molecular weight excluding hydrogens is 420 g/mol. The molecule has 0 heterocycles. The Kier molecular flexibility index (Phi) is 13.3. The van der Waals surface area contributed by atoms with E-state index in [9.17, 15) is 0 Å². The fraction of sp³-hybridized carbons (Fsp3) is 0.345. The monoisotopic (exact) mass is 464 g/mol. The molecule has 2 aliphatic rings. The highest BCUT2D eigenvalue weighted by Gasteiger charge is 2.27. The lowest BCUT2D eigenvalue weighted by atomic mass is 9.92. The van der Waals surface area contributed by atoms with Crippen molar-refractivity contribution in [3.8, 4) is 0 Å². The second kappa shape index (κ2) is 14.8. The summed E-state index contributed by atoms with van der Waals surface area (Å²) in [6, 6.07) is 2.50. The molecule has 5 heteroatoms. The van der Waals surface area contributed by atoms with Gasteiger partial charge < -0.3 is 27.7 Å². The highest BCUT2D eigenvalue weighted by Crippen LogP contribution is 2.37. The van der Waals surface area contributed by atoms with Crippen LogP contribution in [0.2, 0.25) is 0 Å². The molecule has 0 radical (unpaired) electrons. The van der Waals surface area contributed by atoms with Gasteiger partial charge >= 0.3 is 0 Å². The van der Waals surface area contributed by atoms with E-state index in [1.54, 1.807) is 0 Å². The molecule has 1 unspecified atom stereocenters. The van der Waals surface area contributed by atoms with Crippen LogP contribution >= 0.6 is 0 Å². The Morgan fingerprint density at radius 3 is 2.26 bits per heavy atom. The highest BCUT2D eigenvalue weighted by molar-refractivity contribution is 5.76. The van der Waals surface area contributed by atoms with E-state index in [1.807, 2.05) is 39.0 Å². The molecular formula is C29H44N4O. The number of allylic oxidation sites excluding steroid dienone is 5. The van der Waals surface area contributed by atoms with Gasteiger partial charge in [0.15, 0.2) is 0 Å². The highest BCUT2D eigenvalue weighted by atomic mass is 16.0. The van der Waals surface area contributed by atoms with Gasteiger partial charge in [0.2, 0.25) is 0 Å². The lowest BCUT2D eigenvalue weighted by Gasteiger charge is -2.14. The van der Waals surface area contributed by atoms with Crippen LogP contribution in [0.15, 0.2) is 67.2 Å². The third-order valence-corrected chi connectivity index (χ3v) is 5.93. The van der Waals surface area contributed by atoms with Crippen molar-refractivity contribution in [2.24, 2.45) is 17.4 Å². The Labute approximate surface area is 206 Å². The average Bonchev–Trinajstić information content (AvgIpc) is 3.61. The zero-order chi connectivity index (χ0) is 25.1. The minimum Gasteiger partial charge on any atom is -0.412 e. The summed E-state index contributed by atoms with van der Waals surface area (Å²) in [5.74, 6) is 0.552. The second-order valence-corrected chi connectivity index (χ2v) is 8.16. The summed E-state index contributed by atoms with van der Waals surface area (Å²) in [4.78, 5) is 0. The summed E-state index contributed by atoms with van der Waals surface area (Å²) in [6.07, 6.45) is 13.5. The van der Waals surface area contributed by atoms with Crippen molar-refractivity contribution in [3.63, 3.8) is 0 Å². The Morgan fingerprint density at radius 1 is 1.15 bits per heavy atom. The van der Waals surface area contributed by atoms with Gasteiger partial charge in [-0.2, -0.15) is 0 Å². The molecule has 34 heavy (non-hydrogen) atoms. The molecule has 2 aliphatic carbocycles. The van der Waals surface area contributed by atoms with Crippen molar-refractivity contribution < 1.29 is 5.48 Å². The Bertz CT molecular complexity index is 965. The van der Waals surface area contributed by atoms with E-state index < -0.39 is 0 Å². The molecule has 0 saturated heterocycles. The van der Waals surface area contributed by atoms with Crippen molar-refractivity contribution >= 4 is 18.4 Å². The number of nitrogens with two attached hydrogens (primary N) is 2. The van der Waals surface area contributed by atoms with Crippen LogP contribution in [-0.4, -0.2) is 17.7 Å². The second-order valence-electron chi connectivity index (χ2n) is 8.16. The molecule has 5 nitrogen and oxygen atoms in total. The normalized spacial score (nSPS) is 17.1. The van der Waals surface area contributed by atoms with Crippen LogP contribution < -0.4 is 16.8 Å². The van der Waals surface area contributed by atoms with E-state index in [1.165, 1.54) is 41.3 Å². The summed E-state index contributed by atoms with van der Waals surface area (Å²) >= 11 is 0.